The van der Waals surface area contributed by atoms with Gasteiger partial charge in [-0.1, -0.05) is 71.8 Å². The minimum absolute atomic E-state index is 0.118. The molecule has 1 amide bonds. The Morgan fingerprint density at radius 1 is 1.07 bits per heavy atom. The summed E-state index contributed by atoms with van der Waals surface area (Å²) in [5.74, 6) is -0.226. The molecule has 0 atom stereocenters. The first-order valence-electron chi connectivity index (χ1n) is 9.22. The lowest BCUT2D eigenvalue weighted by Crippen LogP contribution is -2.33. The number of aliphatic hydroxyl groups excluding tert-OH is 1. The standard InChI is InChI=1S/C22H24ClN3O2/c1-16-8-10-19(11-9-16)15-26-21(23)20(17(2)24-26)22(28)25(12-13-27)14-18-6-4-3-5-7-18/h3-11,27H,12-15H2,1-2H3. The number of rotatable bonds is 7. The first-order valence-corrected chi connectivity index (χ1v) is 9.60. The van der Waals surface area contributed by atoms with E-state index in [4.69, 9.17) is 11.6 Å². The summed E-state index contributed by atoms with van der Waals surface area (Å²) in [6.07, 6.45) is 0. The van der Waals surface area contributed by atoms with Crippen molar-refractivity contribution >= 4 is 17.5 Å². The lowest BCUT2D eigenvalue weighted by Gasteiger charge is -2.22. The Kier molecular flexibility index (Phi) is 6.49. The zero-order valence-electron chi connectivity index (χ0n) is 16.1. The summed E-state index contributed by atoms with van der Waals surface area (Å²) in [5.41, 5.74) is 4.20. The Hall–Kier alpha value is -2.63. The molecule has 0 fully saturated rings. The van der Waals surface area contributed by atoms with Crippen LogP contribution in [-0.4, -0.2) is 38.8 Å². The number of nitrogens with zero attached hydrogens (tertiary/aromatic N) is 3. The van der Waals surface area contributed by atoms with Gasteiger partial charge in [0.1, 0.15) is 5.15 Å². The van der Waals surface area contributed by atoms with E-state index in [2.05, 4.69) is 5.10 Å². The molecule has 1 N–H and O–H groups in total. The van der Waals surface area contributed by atoms with Crippen LogP contribution in [0.4, 0.5) is 0 Å². The van der Waals surface area contributed by atoms with Gasteiger partial charge < -0.3 is 10.0 Å². The molecule has 0 aliphatic carbocycles. The van der Waals surface area contributed by atoms with Crippen LogP contribution in [-0.2, 0) is 13.1 Å². The van der Waals surface area contributed by atoms with E-state index in [0.717, 1.165) is 11.1 Å². The number of carbonyl (C=O) groups is 1. The third-order valence-corrected chi connectivity index (χ3v) is 4.99. The fourth-order valence-corrected chi connectivity index (χ4v) is 3.42. The lowest BCUT2D eigenvalue weighted by atomic mass is 10.1. The molecule has 5 nitrogen and oxygen atoms in total. The molecule has 0 spiro atoms. The maximum Gasteiger partial charge on any atom is 0.259 e. The number of carbonyl (C=O) groups excluding carboxylic acids is 1. The minimum atomic E-state index is -0.226. The molecule has 146 valence electrons. The second kappa shape index (κ2) is 9.04. The van der Waals surface area contributed by atoms with Crippen LogP contribution in [0.3, 0.4) is 0 Å². The highest BCUT2D eigenvalue weighted by Gasteiger charge is 2.25. The van der Waals surface area contributed by atoms with E-state index >= 15 is 0 Å². The molecule has 2 aromatic carbocycles. The molecule has 28 heavy (non-hydrogen) atoms. The molecule has 3 rings (SSSR count). The summed E-state index contributed by atoms with van der Waals surface area (Å²) < 4.78 is 1.65. The van der Waals surface area contributed by atoms with E-state index in [0.29, 0.717) is 29.5 Å². The van der Waals surface area contributed by atoms with Crippen molar-refractivity contribution in [1.29, 1.82) is 0 Å². The molecule has 6 heteroatoms. The van der Waals surface area contributed by atoms with E-state index in [-0.39, 0.29) is 19.1 Å². The zero-order valence-corrected chi connectivity index (χ0v) is 16.9. The second-order valence-electron chi connectivity index (χ2n) is 6.83. The Labute approximate surface area is 170 Å². The summed E-state index contributed by atoms with van der Waals surface area (Å²) in [7, 11) is 0. The molecule has 0 aliphatic rings. The molecule has 3 aromatic rings. The van der Waals surface area contributed by atoms with Crippen molar-refractivity contribution < 1.29 is 9.90 Å². The largest absolute Gasteiger partial charge is 0.395 e. The van der Waals surface area contributed by atoms with Crippen LogP contribution in [0.5, 0.6) is 0 Å². The highest BCUT2D eigenvalue weighted by molar-refractivity contribution is 6.33. The van der Waals surface area contributed by atoms with Gasteiger partial charge in [-0.25, -0.2) is 4.68 Å². The molecule has 0 bridgehead atoms. The summed E-state index contributed by atoms with van der Waals surface area (Å²) >= 11 is 6.54. The number of aryl methyl sites for hydroxylation is 2. The van der Waals surface area contributed by atoms with Gasteiger partial charge in [-0.15, -0.1) is 0 Å². The smallest absolute Gasteiger partial charge is 0.259 e. The predicted octanol–water partition coefficient (Wildman–Crippen LogP) is 3.84. The molecule has 1 heterocycles. The topological polar surface area (TPSA) is 58.4 Å². The van der Waals surface area contributed by atoms with Crippen LogP contribution in [0.1, 0.15) is 32.7 Å². The van der Waals surface area contributed by atoms with Crippen molar-refractivity contribution in [2.75, 3.05) is 13.2 Å². The van der Waals surface area contributed by atoms with E-state index in [9.17, 15) is 9.90 Å². The van der Waals surface area contributed by atoms with Crippen molar-refractivity contribution in [3.63, 3.8) is 0 Å². The monoisotopic (exact) mass is 397 g/mol. The molecule has 0 unspecified atom stereocenters. The first kappa shape index (κ1) is 20.1. The van der Waals surface area contributed by atoms with E-state index in [1.807, 2.05) is 61.5 Å². The van der Waals surface area contributed by atoms with Crippen LogP contribution < -0.4 is 0 Å². The number of aliphatic hydroxyl groups is 1. The third kappa shape index (κ3) is 4.61. The molecule has 1 aromatic heterocycles. The molecule has 0 aliphatic heterocycles. The van der Waals surface area contributed by atoms with Crippen LogP contribution >= 0.6 is 11.6 Å². The second-order valence-corrected chi connectivity index (χ2v) is 7.19. The van der Waals surface area contributed by atoms with Crippen LogP contribution in [0.15, 0.2) is 54.6 Å². The number of hydrogen-bond acceptors (Lipinski definition) is 3. The number of hydrogen-bond donors (Lipinski definition) is 1. The average Bonchev–Trinajstić information content (AvgIpc) is 2.97. The van der Waals surface area contributed by atoms with Crippen LogP contribution in [0.25, 0.3) is 0 Å². The highest BCUT2D eigenvalue weighted by Crippen LogP contribution is 2.23. The van der Waals surface area contributed by atoms with Gasteiger partial charge in [0.2, 0.25) is 0 Å². The van der Waals surface area contributed by atoms with E-state index < -0.39 is 0 Å². The third-order valence-electron chi connectivity index (χ3n) is 4.61. The van der Waals surface area contributed by atoms with Gasteiger partial charge in [-0.05, 0) is 25.0 Å². The maximum absolute atomic E-state index is 13.2. The first-order chi connectivity index (χ1) is 13.5. The molecular weight excluding hydrogens is 374 g/mol. The lowest BCUT2D eigenvalue weighted by molar-refractivity contribution is 0.0707. The molecule has 0 saturated heterocycles. The molecule has 0 saturated carbocycles. The van der Waals surface area contributed by atoms with Gasteiger partial charge in [-0.2, -0.15) is 5.10 Å². The fraction of sp³-hybridized carbons (Fsp3) is 0.273. The Bertz CT molecular complexity index is 936. The Balaban J connectivity index is 1.85. The van der Waals surface area contributed by atoms with Gasteiger partial charge in [0, 0.05) is 13.1 Å². The fourth-order valence-electron chi connectivity index (χ4n) is 3.10. The summed E-state index contributed by atoms with van der Waals surface area (Å²) in [6, 6.07) is 17.8. The normalized spacial score (nSPS) is 10.9. The van der Waals surface area contributed by atoms with Gasteiger partial charge in [0.25, 0.3) is 5.91 Å². The number of halogens is 1. The van der Waals surface area contributed by atoms with Gasteiger partial charge >= 0.3 is 0 Å². The van der Waals surface area contributed by atoms with Crippen molar-refractivity contribution in [1.82, 2.24) is 14.7 Å². The van der Waals surface area contributed by atoms with Crippen molar-refractivity contribution in [3.8, 4) is 0 Å². The SMILES string of the molecule is Cc1ccc(Cn2nc(C)c(C(=O)N(CCO)Cc3ccccc3)c2Cl)cc1. The van der Waals surface area contributed by atoms with Crippen molar-refractivity contribution in [2.45, 2.75) is 26.9 Å². The van der Waals surface area contributed by atoms with Gasteiger partial charge in [0.15, 0.2) is 0 Å². The van der Waals surface area contributed by atoms with Crippen molar-refractivity contribution in [3.05, 3.63) is 87.7 Å². The van der Waals surface area contributed by atoms with E-state index in [1.54, 1.807) is 16.5 Å². The maximum atomic E-state index is 13.2. The number of amides is 1. The Morgan fingerprint density at radius 3 is 2.39 bits per heavy atom. The molecular formula is C22H24ClN3O2. The van der Waals surface area contributed by atoms with Crippen molar-refractivity contribution in [2.24, 2.45) is 0 Å². The van der Waals surface area contributed by atoms with Gasteiger partial charge in [-0.3, -0.25) is 4.79 Å². The van der Waals surface area contributed by atoms with Gasteiger partial charge in [0.05, 0.1) is 24.4 Å². The average molecular weight is 398 g/mol. The van der Waals surface area contributed by atoms with E-state index in [1.165, 1.54) is 5.56 Å². The number of benzene rings is 2. The summed E-state index contributed by atoms with van der Waals surface area (Å²) in [5, 5.41) is 14.2. The zero-order chi connectivity index (χ0) is 20.1. The van der Waals surface area contributed by atoms with Crippen LogP contribution in [0.2, 0.25) is 5.15 Å². The Morgan fingerprint density at radius 2 is 1.75 bits per heavy atom. The number of aromatic nitrogens is 2. The summed E-state index contributed by atoms with van der Waals surface area (Å²) in [6.45, 7) is 4.82. The minimum Gasteiger partial charge on any atom is -0.395 e. The molecule has 0 radical (unpaired) electrons. The highest BCUT2D eigenvalue weighted by atomic mass is 35.5. The van der Waals surface area contributed by atoms with Crippen LogP contribution in [0, 0.1) is 13.8 Å². The summed E-state index contributed by atoms with van der Waals surface area (Å²) in [4.78, 5) is 14.8. The quantitative estimate of drug-likeness (QED) is 0.659. The predicted molar refractivity (Wildman–Crippen MR) is 111 cm³/mol.